The molecule has 0 radical (unpaired) electrons. The summed E-state index contributed by atoms with van der Waals surface area (Å²) in [4.78, 5) is 11.4. The Morgan fingerprint density at radius 3 is 2.71 bits per heavy atom. The van der Waals surface area contributed by atoms with E-state index in [2.05, 4.69) is 0 Å². The molecule has 1 fully saturated rings. The SMILES string of the molecule is CC1=CC2(CCC(c3ccccc3)O2)OC1=O. The third-order valence-electron chi connectivity index (χ3n) is 3.29. The Hall–Kier alpha value is -1.61. The number of rotatable bonds is 1. The Kier molecular flexibility index (Phi) is 2.30. The van der Waals surface area contributed by atoms with Crippen molar-refractivity contribution in [3.63, 3.8) is 0 Å². The fourth-order valence-corrected chi connectivity index (χ4v) is 2.43. The van der Waals surface area contributed by atoms with Gasteiger partial charge in [-0.15, -0.1) is 0 Å². The number of ether oxygens (including phenoxy) is 2. The van der Waals surface area contributed by atoms with Crippen LogP contribution in [0.5, 0.6) is 0 Å². The normalized spacial score (nSPS) is 31.7. The lowest BCUT2D eigenvalue weighted by Gasteiger charge is -2.21. The molecule has 2 unspecified atom stereocenters. The second kappa shape index (κ2) is 3.70. The van der Waals surface area contributed by atoms with Crippen LogP contribution in [-0.2, 0) is 14.3 Å². The summed E-state index contributed by atoms with van der Waals surface area (Å²) in [5, 5.41) is 0. The number of carbonyl (C=O) groups excluding carboxylic acids is 1. The average Bonchev–Trinajstić information content (AvgIpc) is 2.86. The highest BCUT2D eigenvalue weighted by Gasteiger charge is 2.46. The van der Waals surface area contributed by atoms with Crippen molar-refractivity contribution in [1.82, 2.24) is 0 Å². The van der Waals surface area contributed by atoms with Gasteiger partial charge in [-0.3, -0.25) is 0 Å². The molecule has 2 heterocycles. The van der Waals surface area contributed by atoms with Crippen molar-refractivity contribution in [3.8, 4) is 0 Å². The fraction of sp³-hybridized carbons (Fsp3) is 0.357. The van der Waals surface area contributed by atoms with E-state index in [4.69, 9.17) is 9.47 Å². The summed E-state index contributed by atoms with van der Waals surface area (Å²) in [6.45, 7) is 1.76. The van der Waals surface area contributed by atoms with Gasteiger partial charge in [-0.25, -0.2) is 4.79 Å². The molecule has 1 aromatic carbocycles. The molecule has 0 saturated carbocycles. The summed E-state index contributed by atoms with van der Waals surface area (Å²) >= 11 is 0. The molecule has 3 rings (SSSR count). The van der Waals surface area contributed by atoms with Gasteiger partial charge in [-0.2, -0.15) is 0 Å². The van der Waals surface area contributed by atoms with E-state index in [0.717, 1.165) is 18.4 Å². The zero-order chi connectivity index (χ0) is 11.9. The molecule has 1 spiro atoms. The smallest absolute Gasteiger partial charge is 0.336 e. The Bertz CT molecular complexity index is 478. The molecule has 0 amide bonds. The van der Waals surface area contributed by atoms with Crippen LogP contribution >= 0.6 is 0 Å². The molecule has 0 aliphatic carbocycles. The second-order valence-electron chi connectivity index (χ2n) is 4.58. The monoisotopic (exact) mass is 230 g/mol. The van der Waals surface area contributed by atoms with Crippen molar-refractivity contribution in [2.45, 2.75) is 31.7 Å². The standard InChI is InChI=1S/C14H14O3/c1-10-9-14(17-13(10)15)8-7-12(16-14)11-5-3-2-4-6-11/h2-6,9,12H,7-8H2,1H3. The first-order valence-corrected chi connectivity index (χ1v) is 5.84. The van der Waals surface area contributed by atoms with E-state index in [1.165, 1.54) is 0 Å². The van der Waals surface area contributed by atoms with Crippen LogP contribution in [0.4, 0.5) is 0 Å². The van der Waals surface area contributed by atoms with Crippen molar-refractivity contribution < 1.29 is 14.3 Å². The van der Waals surface area contributed by atoms with Gasteiger partial charge >= 0.3 is 5.97 Å². The molecule has 0 bridgehead atoms. The van der Waals surface area contributed by atoms with E-state index in [9.17, 15) is 4.79 Å². The summed E-state index contributed by atoms with van der Waals surface area (Å²) in [6, 6.07) is 10.0. The number of esters is 1. The number of hydrogen-bond acceptors (Lipinski definition) is 3. The van der Waals surface area contributed by atoms with E-state index in [1.807, 2.05) is 30.3 Å². The van der Waals surface area contributed by atoms with Gasteiger partial charge in [-0.1, -0.05) is 30.3 Å². The van der Waals surface area contributed by atoms with Gasteiger partial charge in [0.2, 0.25) is 5.79 Å². The molecule has 17 heavy (non-hydrogen) atoms. The topological polar surface area (TPSA) is 35.5 Å². The van der Waals surface area contributed by atoms with Crippen LogP contribution < -0.4 is 0 Å². The lowest BCUT2D eigenvalue weighted by Crippen LogP contribution is -2.26. The maximum Gasteiger partial charge on any atom is 0.336 e. The van der Waals surface area contributed by atoms with Gasteiger partial charge in [0, 0.05) is 12.0 Å². The molecule has 2 aliphatic rings. The van der Waals surface area contributed by atoms with Gasteiger partial charge in [-0.05, 0) is 25.0 Å². The molecule has 0 N–H and O–H groups in total. The van der Waals surface area contributed by atoms with Crippen molar-refractivity contribution in [3.05, 3.63) is 47.5 Å². The van der Waals surface area contributed by atoms with Gasteiger partial charge in [0.05, 0.1) is 6.10 Å². The molecule has 3 nitrogen and oxygen atoms in total. The van der Waals surface area contributed by atoms with Crippen molar-refractivity contribution in [2.75, 3.05) is 0 Å². The Labute approximate surface area is 100 Å². The van der Waals surface area contributed by atoms with E-state index in [0.29, 0.717) is 5.57 Å². The molecule has 0 aromatic heterocycles. The van der Waals surface area contributed by atoms with Crippen LogP contribution in [0.15, 0.2) is 42.0 Å². The van der Waals surface area contributed by atoms with Crippen molar-refractivity contribution >= 4 is 5.97 Å². The maximum atomic E-state index is 11.4. The van der Waals surface area contributed by atoms with Gasteiger partial charge in [0.25, 0.3) is 0 Å². The van der Waals surface area contributed by atoms with Crippen LogP contribution in [0.25, 0.3) is 0 Å². The molecule has 88 valence electrons. The van der Waals surface area contributed by atoms with Crippen LogP contribution in [0.2, 0.25) is 0 Å². The minimum Gasteiger partial charge on any atom is -0.426 e. The highest BCUT2D eigenvalue weighted by molar-refractivity contribution is 5.90. The first-order valence-electron chi connectivity index (χ1n) is 5.84. The summed E-state index contributed by atoms with van der Waals surface area (Å²) in [7, 11) is 0. The molecule has 1 saturated heterocycles. The zero-order valence-corrected chi connectivity index (χ0v) is 9.68. The Morgan fingerprint density at radius 2 is 2.06 bits per heavy atom. The van der Waals surface area contributed by atoms with Crippen molar-refractivity contribution in [1.29, 1.82) is 0 Å². The maximum absolute atomic E-state index is 11.4. The summed E-state index contributed by atoms with van der Waals surface area (Å²) < 4.78 is 11.2. The Morgan fingerprint density at radius 1 is 1.29 bits per heavy atom. The highest BCUT2D eigenvalue weighted by atomic mass is 16.7. The minimum absolute atomic E-state index is 0.0196. The van der Waals surface area contributed by atoms with Gasteiger partial charge < -0.3 is 9.47 Å². The zero-order valence-electron chi connectivity index (χ0n) is 9.68. The largest absolute Gasteiger partial charge is 0.426 e. The predicted molar refractivity (Wildman–Crippen MR) is 62.1 cm³/mol. The van der Waals surface area contributed by atoms with Crippen molar-refractivity contribution in [2.24, 2.45) is 0 Å². The third kappa shape index (κ3) is 1.76. The van der Waals surface area contributed by atoms with E-state index >= 15 is 0 Å². The Balaban J connectivity index is 1.81. The van der Waals surface area contributed by atoms with Gasteiger partial charge in [0.15, 0.2) is 0 Å². The molecule has 1 aromatic rings. The molecular formula is C14H14O3. The van der Waals surface area contributed by atoms with E-state index < -0.39 is 5.79 Å². The second-order valence-corrected chi connectivity index (χ2v) is 4.58. The summed E-state index contributed by atoms with van der Waals surface area (Å²) in [6.07, 6.45) is 3.43. The van der Waals surface area contributed by atoms with Crippen LogP contribution in [0, 0.1) is 0 Å². The molecular weight excluding hydrogens is 216 g/mol. The predicted octanol–water partition coefficient (Wildman–Crippen LogP) is 2.74. The summed E-state index contributed by atoms with van der Waals surface area (Å²) in [5.41, 5.74) is 1.78. The third-order valence-corrected chi connectivity index (χ3v) is 3.29. The van der Waals surface area contributed by atoms with Crippen LogP contribution in [0.1, 0.15) is 31.4 Å². The lowest BCUT2D eigenvalue weighted by atomic mass is 10.1. The molecule has 2 atom stereocenters. The van der Waals surface area contributed by atoms with Gasteiger partial charge in [0.1, 0.15) is 0 Å². The molecule has 2 aliphatic heterocycles. The highest BCUT2D eigenvalue weighted by Crippen LogP contribution is 2.44. The number of carbonyl (C=O) groups is 1. The minimum atomic E-state index is -0.804. The van der Waals surface area contributed by atoms with E-state index in [1.54, 1.807) is 13.0 Å². The number of hydrogen-bond donors (Lipinski definition) is 0. The first-order chi connectivity index (χ1) is 8.19. The van der Waals surface area contributed by atoms with Crippen LogP contribution in [0.3, 0.4) is 0 Å². The fourth-order valence-electron chi connectivity index (χ4n) is 2.43. The van der Waals surface area contributed by atoms with Crippen LogP contribution in [-0.4, -0.2) is 11.8 Å². The van der Waals surface area contributed by atoms with E-state index in [-0.39, 0.29) is 12.1 Å². The quantitative estimate of drug-likeness (QED) is 0.696. The summed E-state index contributed by atoms with van der Waals surface area (Å²) in [5.74, 6) is -1.07. The molecule has 3 heteroatoms. The first kappa shape index (κ1) is 10.5. The number of benzene rings is 1. The lowest BCUT2D eigenvalue weighted by molar-refractivity contribution is -0.192. The average molecular weight is 230 g/mol.